The summed E-state index contributed by atoms with van der Waals surface area (Å²) in [4.78, 5) is 0. The van der Waals surface area contributed by atoms with Crippen LogP contribution in [0.1, 0.15) is 44.9 Å². The van der Waals surface area contributed by atoms with Crippen molar-refractivity contribution < 1.29 is 0 Å². The van der Waals surface area contributed by atoms with Crippen molar-refractivity contribution in [3.63, 3.8) is 0 Å². The van der Waals surface area contributed by atoms with Crippen molar-refractivity contribution in [1.29, 1.82) is 0 Å². The molecular weight excluding hydrogens is 160 g/mol. The highest BCUT2D eigenvalue weighted by Gasteiger charge is 2.53. The summed E-state index contributed by atoms with van der Waals surface area (Å²) in [6, 6.07) is 3.48. The normalized spacial score (nSPS) is 35.0. The molecule has 1 saturated heterocycles. The number of rotatable bonds is 2. The molecule has 0 radical (unpaired) electrons. The molecule has 0 unspecified atom stereocenters. The quantitative estimate of drug-likeness (QED) is 0.565. The third-order valence-electron chi connectivity index (χ3n) is 5.12. The summed E-state index contributed by atoms with van der Waals surface area (Å²) in [5.41, 5.74) is 2.63. The van der Waals surface area contributed by atoms with Crippen molar-refractivity contribution in [3.8, 4) is 0 Å². The molecule has 1 heterocycles. The van der Waals surface area contributed by atoms with Crippen molar-refractivity contribution in [2.75, 3.05) is 0 Å². The predicted molar refractivity (Wildman–Crippen MR) is 55.2 cm³/mol. The molecule has 0 aromatic carbocycles. The zero-order valence-electron chi connectivity index (χ0n) is 8.02. The van der Waals surface area contributed by atoms with Gasteiger partial charge in [-0.1, -0.05) is 57.0 Å². The highest BCUT2D eigenvalue weighted by atomic mass is 28.3. The van der Waals surface area contributed by atoms with E-state index in [1.807, 2.05) is 0 Å². The Kier molecular flexibility index (Phi) is 1.65. The highest BCUT2D eigenvalue weighted by Crippen LogP contribution is 2.61. The van der Waals surface area contributed by atoms with Gasteiger partial charge in [0.05, 0.1) is 8.07 Å². The van der Waals surface area contributed by atoms with Gasteiger partial charge in [-0.05, 0) is 11.1 Å². The van der Waals surface area contributed by atoms with Crippen LogP contribution in [0.15, 0.2) is 0 Å². The fraction of sp³-hybridized carbons (Fsp3) is 1.00. The monoisotopic (exact) mass is 180 g/mol. The predicted octanol–water partition coefficient (Wildman–Crippen LogP) is 3.95. The van der Waals surface area contributed by atoms with Gasteiger partial charge in [-0.25, -0.2) is 0 Å². The van der Waals surface area contributed by atoms with Gasteiger partial charge < -0.3 is 0 Å². The lowest BCUT2D eigenvalue weighted by Gasteiger charge is -2.57. The minimum absolute atomic E-state index is 0.576. The third-order valence-corrected chi connectivity index (χ3v) is 12.1. The summed E-state index contributed by atoms with van der Waals surface area (Å²) in [6.07, 6.45) is 11.3. The van der Waals surface area contributed by atoms with E-state index in [0.717, 1.165) is 0 Å². The SMILES string of the molecule is C1CC([Si]2(C3CCC3)CCC2)C1. The van der Waals surface area contributed by atoms with Crippen LogP contribution in [0.25, 0.3) is 0 Å². The maximum Gasteiger partial charge on any atom is 0.0597 e. The van der Waals surface area contributed by atoms with Crippen LogP contribution in [0.3, 0.4) is 0 Å². The summed E-state index contributed by atoms with van der Waals surface area (Å²) in [7, 11) is -0.576. The van der Waals surface area contributed by atoms with E-state index < -0.39 is 8.07 Å². The molecule has 2 saturated carbocycles. The Morgan fingerprint density at radius 1 is 0.667 bits per heavy atom. The van der Waals surface area contributed by atoms with Crippen LogP contribution in [0.5, 0.6) is 0 Å². The molecule has 3 aliphatic rings. The van der Waals surface area contributed by atoms with Crippen LogP contribution in [-0.4, -0.2) is 8.07 Å². The van der Waals surface area contributed by atoms with E-state index >= 15 is 0 Å². The third kappa shape index (κ3) is 0.836. The highest BCUT2D eigenvalue weighted by molar-refractivity contribution is 6.85. The number of hydrogen-bond donors (Lipinski definition) is 0. The number of hydrogen-bond acceptors (Lipinski definition) is 0. The van der Waals surface area contributed by atoms with Crippen LogP contribution in [-0.2, 0) is 0 Å². The van der Waals surface area contributed by atoms with Crippen molar-refractivity contribution >= 4 is 8.07 Å². The van der Waals surface area contributed by atoms with Crippen molar-refractivity contribution in [3.05, 3.63) is 0 Å². The van der Waals surface area contributed by atoms with Crippen LogP contribution in [0, 0.1) is 0 Å². The van der Waals surface area contributed by atoms with E-state index in [-0.39, 0.29) is 0 Å². The van der Waals surface area contributed by atoms with Crippen LogP contribution in [0.4, 0.5) is 0 Å². The molecule has 2 aliphatic carbocycles. The van der Waals surface area contributed by atoms with Crippen molar-refractivity contribution in [2.24, 2.45) is 0 Å². The molecule has 1 heteroatoms. The molecule has 12 heavy (non-hydrogen) atoms. The molecule has 0 bridgehead atoms. The smallest absolute Gasteiger partial charge is 0.0580 e. The lowest BCUT2D eigenvalue weighted by molar-refractivity contribution is 0.412. The summed E-state index contributed by atoms with van der Waals surface area (Å²) in [5, 5.41) is 0. The largest absolute Gasteiger partial charge is 0.0597 e. The molecule has 0 aromatic heterocycles. The Balaban J connectivity index is 1.73. The summed E-state index contributed by atoms with van der Waals surface area (Å²) in [6.45, 7) is 0. The van der Waals surface area contributed by atoms with Gasteiger partial charge in [0.25, 0.3) is 0 Å². The van der Waals surface area contributed by atoms with Gasteiger partial charge in [0, 0.05) is 0 Å². The Labute approximate surface area is 76.8 Å². The molecule has 3 fully saturated rings. The molecule has 3 rings (SSSR count). The minimum atomic E-state index is -0.576. The summed E-state index contributed by atoms with van der Waals surface area (Å²) in [5.74, 6) is 0. The van der Waals surface area contributed by atoms with Crippen LogP contribution >= 0.6 is 0 Å². The second-order valence-electron chi connectivity index (χ2n) is 5.34. The first-order chi connectivity index (χ1) is 5.92. The average Bonchev–Trinajstić information content (AvgIpc) is 1.73. The topological polar surface area (TPSA) is 0 Å². The standard InChI is InChI=1S/C11H20Si/c1-4-10(5-1)12(8-3-9-12)11-6-2-7-11/h10-11H,1-9H2. The Hall–Kier alpha value is 0.217. The maximum absolute atomic E-state index is 1.74. The van der Waals surface area contributed by atoms with Gasteiger partial charge in [-0.2, -0.15) is 0 Å². The van der Waals surface area contributed by atoms with Gasteiger partial charge in [0.15, 0.2) is 0 Å². The summed E-state index contributed by atoms with van der Waals surface area (Å²) >= 11 is 0. The maximum atomic E-state index is 1.74. The van der Waals surface area contributed by atoms with Gasteiger partial charge in [-0.15, -0.1) is 0 Å². The van der Waals surface area contributed by atoms with Crippen LogP contribution < -0.4 is 0 Å². The second-order valence-corrected chi connectivity index (χ2v) is 10.4. The molecule has 68 valence electrons. The van der Waals surface area contributed by atoms with Gasteiger partial charge >= 0.3 is 0 Å². The average molecular weight is 180 g/mol. The first kappa shape index (κ1) is 7.60. The molecule has 0 spiro atoms. The molecule has 1 aliphatic heterocycles. The molecule has 0 nitrogen and oxygen atoms in total. The fourth-order valence-electron chi connectivity index (χ4n) is 3.70. The van der Waals surface area contributed by atoms with E-state index in [0.29, 0.717) is 0 Å². The first-order valence-electron chi connectivity index (χ1n) is 5.92. The van der Waals surface area contributed by atoms with Crippen molar-refractivity contribution in [1.82, 2.24) is 0 Å². The first-order valence-corrected chi connectivity index (χ1v) is 8.49. The van der Waals surface area contributed by atoms with E-state index in [9.17, 15) is 0 Å². The Morgan fingerprint density at radius 3 is 1.33 bits per heavy atom. The zero-order chi connectivity index (χ0) is 8.02. The van der Waals surface area contributed by atoms with E-state index in [1.165, 1.54) is 11.1 Å². The van der Waals surface area contributed by atoms with E-state index in [1.54, 1.807) is 57.0 Å². The Morgan fingerprint density at radius 2 is 1.17 bits per heavy atom. The molecule has 0 atom stereocenters. The van der Waals surface area contributed by atoms with E-state index in [4.69, 9.17) is 0 Å². The van der Waals surface area contributed by atoms with Gasteiger partial charge in [0.1, 0.15) is 0 Å². The van der Waals surface area contributed by atoms with Crippen LogP contribution in [0.2, 0.25) is 23.2 Å². The molecule has 0 aromatic rings. The lowest BCUT2D eigenvalue weighted by atomic mass is 9.98. The Bertz CT molecular complexity index is 159. The summed E-state index contributed by atoms with van der Waals surface area (Å²) < 4.78 is 0. The molecule has 0 amide bonds. The van der Waals surface area contributed by atoms with Crippen molar-refractivity contribution in [2.45, 2.75) is 68.1 Å². The fourth-order valence-corrected chi connectivity index (χ4v) is 10.3. The van der Waals surface area contributed by atoms with Gasteiger partial charge in [0.2, 0.25) is 0 Å². The minimum Gasteiger partial charge on any atom is -0.0580 e. The second kappa shape index (κ2) is 2.60. The van der Waals surface area contributed by atoms with Gasteiger partial charge in [-0.3, -0.25) is 0 Å². The van der Waals surface area contributed by atoms with E-state index in [2.05, 4.69) is 0 Å². The molecule has 0 N–H and O–H groups in total. The lowest BCUT2D eigenvalue weighted by Crippen LogP contribution is -2.54. The molecular formula is C11H20Si. The zero-order valence-corrected chi connectivity index (χ0v) is 9.02.